The third kappa shape index (κ3) is 3.68. The number of amides is 1. The monoisotopic (exact) mass is 336 g/mol. The molecule has 0 fully saturated rings. The molecule has 128 valence electrons. The number of aromatic nitrogens is 2. The Kier molecular flexibility index (Phi) is 4.79. The maximum absolute atomic E-state index is 12.0. The number of ether oxygens (including phenoxy) is 1. The smallest absolute Gasteiger partial charge is 0.253 e. The van der Waals surface area contributed by atoms with E-state index in [0.717, 1.165) is 10.9 Å². The van der Waals surface area contributed by atoms with Crippen LogP contribution in [0.4, 0.5) is 11.6 Å². The number of benzene rings is 2. The molecule has 0 saturated carbocycles. The van der Waals surface area contributed by atoms with Crippen molar-refractivity contribution in [1.29, 1.82) is 0 Å². The lowest BCUT2D eigenvalue weighted by Gasteiger charge is -2.13. The van der Waals surface area contributed by atoms with Crippen LogP contribution < -0.4 is 15.4 Å². The van der Waals surface area contributed by atoms with Gasteiger partial charge in [0.15, 0.2) is 0 Å². The van der Waals surface area contributed by atoms with Crippen LogP contribution in [-0.2, 0) is 0 Å². The van der Waals surface area contributed by atoms with Gasteiger partial charge in [0.25, 0.3) is 5.91 Å². The Morgan fingerprint density at radius 1 is 1.12 bits per heavy atom. The van der Waals surface area contributed by atoms with E-state index in [-0.39, 0.29) is 12.0 Å². The van der Waals surface area contributed by atoms with Crippen LogP contribution in [0.25, 0.3) is 10.9 Å². The van der Waals surface area contributed by atoms with Gasteiger partial charge >= 0.3 is 0 Å². The maximum atomic E-state index is 12.0. The number of hydrogen-bond acceptors (Lipinski definition) is 5. The summed E-state index contributed by atoms with van der Waals surface area (Å²) < 4.78 is 5.83. The topological polar surface area (TPSA) is 76.1 Å². The van der Waals surface area contributed by atoms with Crippen LogP contribution in [0, 0.1) is 0 Å². The molecule has 0 radical (unpaired) electrons. The van der Waals surface area contributed by atoms with Crippen LogP contribution in [0.3, 0.4) is 0 Å². The minimum Gasteiger partial charge on any atom is -0.489 e. The highest BCUT2D eigenvalue weighted by molar-refractivity contribution is 6.00. The van der Waals surface area contributed by atoms with Crippen LogP contribution in [0.1, 0.15) is 24.2 Å². The van der Waals surface area contributed by atoms with E-state index in [1.165, 1.54) is 0 Å². The van der Waals surface area contributed by atoms with E-state index < -0.39 is 0 Å². The van der Waals surface area contributed by atoms with E-state index in [4.69, 9.17) is 4.74 Å². The first-order chi connectivity index (χ1) is 12.1. The average molecular weight is 336 g/mol. The molecule has 1 aromatic heterocycles. The number of para-hydroxylation sites is 2. The second-order valence-corrected chi connectivity index (χ2v) is 5.80. The van der Waals surface area contributed by atoms with Gasteiger partial charge in [0, 0.05) is 18.6 Å². The molecule has 0 aliphatic rings. The summed E-state index contributed by atoms with van der Waals surface area (Å²) in [6.45, 7) is 3.94. The van der Waals surface area contributed by atoms with Crippen molar-refractivity contribution in [2.45, 2.75) is 20.0 Å². The number of rotatable bonds is 5. The van der Waals surface area contributed by atoms with Gasteiger partial charge < -0.3 is 15.4 Å². The zero-order valence-electron chi connectivity index (χ0n) is 14.4. The molecular formula is C19H20N4O2. The Hall–Kier alpha value is -3.15. The van der Waals surface area contributed by atoms with Crippen molar-refractivity contribution in [1.82, 2.24) is 15.3 Å². The Bertz CT molecular complexity index is 909. The van der Waals surface area contributed by atoms with Gasteiger partial charge in [-0.15, -0.1) is 0 Å². The molecule has 1 amide bonds. The zero-order valence-corrected chi connectivity index (χ0v) is 14.4. The number of hydrogen-bond donors (Lipinski definition) is 2. The van der Waals surface area contributed by atoms with Crippen molar-refractivity contribution in [3.63, 3.8) is 0 Å². The standard InChI is InChI=1S/C19H20N4O2/c1-12(2)25-16-10-6-7-13-11-21-19(23-17(13)16)22-15-9-5-4-8-14(15)18(24)20-3/h4-12H,1-3H3,(H,20,24)(H,21,22,23). The fraction of sp³-hybridized carbons (Fsp3) is 0.211. The summed E-state index contributed by atoms with van der Waals surface area (Å²) in [4.78, 5) is 20.9. The number of fused-ring (bicyclic) bond motifs is 1. The van der Waals surface area contributed by atoms with Crippen LogP contribution in [0.5, 0.6) is 5.75 Å². The summed E-state index contributed by atoms with van der Waals surface area (Å²) in [5, 5.41) is 6.64. The van der Waals surface area contributed by atoms with Crippen molar-refractivity contribution in [3.8, 4) is 5.75 Å². The number of carbonyl (C=O) groups excluding carboxylic acids is 1. The Balaban J connectivity index is 1.99. The second-order valence-electron chi connectivity index (χ2n) is 5.80. The molecule has 6 heteroatoms. The molecular weight excluding hydrogens is 316 g/mol. The maximum Gasteiger partial charge on any atom is 0.253 e. The summed E-state index contributed by atoms with van der Waals surface area (Å²) in [7, 11) is 1.60. The van der Waals surface area contributed by atoms with Crippen molar-refractivity contribution >= 4 is 28.4 Å². The van der Waals surface area contributed by atoms with Gasteiger partial charge in [-0.25, -0.2) is 9.97 Å². The van der Waals surface area contributed by atoms with Gasteiger partial charge in [0.2, 0.25) is 5.95 Å². The minimum atomic E-state index is -0.173. The quantitative estimate of drug-likeness (QED) is 0.745. The number of nitrogens with zero attached hydrogens (tertiary/aromatic N) is 2. The second kappa shape index (κ2) is 7.17. The lowest BCUT2D eigenvalue weighted by molar-refractivity contribution is 0.0964. The van der Waals surface area contributed by atoms with Gasteiger partial charge in [0.1, 0.15) is 11.3 Å². The van der Waals surface area contributed by atoms with Crippen LogP contribution >= 0.6 is 0 Å². The van der Waals surface area contributed by atoms with Crippen LogP contribution in [0.2, 0.25) is 0 Å². The van der Waals surface area contributed by atoms with E-state index in [9.17, 15) is 4.79 Å². The highest BCUT2D eigenvalue weighted by Gasteiger charge is 2.12. The Morgan fingerprint density at radius 3 is 2.68 bits per heavy atom. The predicted octanol–water partition coefficient (Wildman–Crippen LogP) is 3.52. The molecule has 3 aromatic rings. The van der Waals surface area contributed by atoms with E-state index in [1.54, 1.807) is 19.3 Å². The molecule has 25 heavy (non-hydrogen) atoms. The third-order valence-electron chi connectivity index (χ3n) is 3.58. The molecule has 2 aromatic carbocycles. The molecule has 6 nitrogen and oxygen atoms in total. The number of carbonyl (C=O) groups is 1. The molecule has 0 aliphatic heterocycles. The summed E-state index contributed by atoms with van der Waals surface area (Å²) in [6.07, 6.45) is 1.78. The number of nitrogens with one attached hydrogen (secondary N) is 2. The van der Waals surface area contributed by atoms with Crippen molar-refractivity contribution in [2.24, 2.45) is 0 Å². The minimum absolute atomic E-state index is 0.0472. The summed E-state index contributed by atoms with van der Waals surface area (Å²) >= 11 is 0. The molecule has 0 atom stereocenters. The van der Waals surface area contributed by atoms with Crippen LogP contribution in [-0.4, -0.2) is 29.0 Å². The number of anilines is 2. The highest BCUT2D eigenvalue weighted by atomic mass is 16.5. The lowest BCUT2D eigenvalue weighted by atomic mass is 10.1. The lowest BCUT2D eigenvalue weighted by Crippen LogP contribution is -2.19. The molecule has 0 bridgehead atoms. The molecule has 0 unspecified atom stereocenters. The van der Waals surface area contributed by atoms with Gasteiger partial charge in [-0.05, 0) is 32.0 Å². The van der Waals surface area contributed by atoms with Crippen LogP contribution in [0.15, 0.2) is 48.7 Å². The van der Waals surface area contributed by atoms with Gasteiger partial charge in [-0.1, -0.05) is 24.3 Å². The van der Waals surface area contributed by atoms with E-state index >= 15 is 0 Å². The van der Waals surface area contributed by atoms with Gasteiger partial charge in [-0.3, -0.25) is 4.79 Å². The summed E-state index contributed by atoms with van der Waals surface area (Å²) in [5.41, 5.74) is 1.90. The van der Waals surface area contributed by atoms with E-state index in [0.29, 0.717) is 22.9 Å². The SMILES string of the molecule is CNC(=O)c1ccccc1Nc1ncc2cccc(OC(C)C)c2n1. The molecule has 2 N–H and O–H groups in total. The molecule has 0 aliphatic carbocycles. The predicted molar refractivity (Wildman–Crippen MR) is 98.4 cm³/mol. The fourth-order valence-corrected chi connectivity index (χ4v) is 2.48. The van der Waals surface area contributed by atoms with E-state index in [1.807, 2.05) is 50.2 Å². The molecule has 0 saturated heterocycles. The first kappa shape index (κ1) is 16.7. The first-order valence-corrected chi connectivity index (χ1v) is 8.09. The fourth-order valence-electron chi connectivity index (χ4n) is 2.48. The molecule has 3 rings (SSSR count). The normalized spacial score (nSPS) is 10.7. The highest BCUT2D eigenvalue weighted by Crippen LogP contribution is 2.26. The van der Waals surface area contributed by atoms with Gasteiger partial charge in [-0.2, -0.15) is 0 Å². The molecule has 0 spiro atoms. The van der Waals surface area contributed by atoms with E-state index in [2.05, 4.69) is 20.6 Å². The zero-order chi connectivity index (χ0) is 17.8. The third-order valence-corrected chi connectivity index (χ3v) is 3.58. The average Bonchev–Trinajstić information content (AvgIpc) is 2.61. The first-order valence-electron chi connectivity index (χ1n) is 8.09. The largest absolute Gasteiger partial charge is 0.489 e. The Morgan fingerprint density at radius 2 is 1.92 bits per heavy atom. The van der Waals surface area contributed by atoms with Crippen molar-refractivity contribution in [3.05, 3.63) is 54.2 Å². The van der Waals surface area contributed by atoms with Crippen molar-refractivity contribution < 1.29 is 9.53 Å². The van der Waals surface area contributed by atoms with Crippen molar-refractivity contribution in [2.75, 3.05) is 12.4 Å². The summed E-state index contributed by atoms with van der Waals surface area (Å²) in [6, 6.07) is 13.0. The molecule has 1 heterocycles. The van der Waals surface area contributed by atoms with Gasteiger partial charge in [0.05, 0.1) is 17.4 Å². The Labute approximate surface area is 146 Å². The summed E-state index contributed by atoms with van der Waals surface area (Å²) in [5.74, 6) is 0.939.